The van der Waals surface area contributed by atoms with E-state index < -0.39 is 0 Å². The van der Waals surface area contributed by atoms with E-state index in [4.69, 9.17) is 4.74 Å². The van der Waals surface area contributed by atoms with Crippen LogP contribution in [0.1, 0.15) is 21.5 Å². The second-order valence-corrected chi connectivity index (χ2v) is 4.71. The van der Waals surface area contributed by atoms with Crippen LogP contribution in [0.4, 0.5) is 0 Å². The molecule has 0 unspecified atom stereocenters. The largest absolute Gasteiger partial charge is 0.496 e. The second-order valence-electron chi connectivity index (χ2n) is 4.71. The van der Waals surface area contributed by atoms with Crippen LogP contribution in [0.2, 0.25) is 0 Å². The molecule has 0 aliphatic heterocycles. The average molecular weight is 288 g/mol. The molecule has 0 saturated heterocycles. The minimum Gasteiger partial charge on any atom is -0.496 e. The van der Waals surface area contributed by atoms with Gasteiger partial charge in [-0.25, -0.2) is 4.68 Å². The molecule has 1 heterocycles. The Morgan fingerprint density at radius 2 is 1.86 bits per heavy atom. The lowest BCUT2D eigenvalue weighted by Gasteiger charge is -2.10. The summed E-state index contributed by atoms with van der Waals surface area (Å²) in [5.74, 6) is 0.121. The molecule has 0 aliphatic carbocycles. The molecule has 6 heteroatoms. The van der Waals surface area contributed by atoms with Gasteiger partial charge in [-0.2, -0.15) is 0 Å². The Morgan fingerprint density at radius 1 is 1.19 bits per heavy atom. The predicted molar refractivity (Wildman–Crippen MR) is 78.1 cm³/mol. The molecule has 2 aromatic rings. The van der Waals surface area contributed by atoms with E-state index in [0.29, 0.717) is 22.4 Å². The number of ketones is 1. The van der Waals surface area contributed by atoms with Gasteiger partial charge in [0.05, 0.1) is 12.7 Å². The minimum atomic E-state index is -0.379. The van der Waals surface area contributed by atoms with Crippen LogP contribution in [0, 0.1) is 13.8 Å². The number of hydrogen-bond acceptors (Lipinski definition) is 4. The Bertz CT molecular complexity index is 802. The van der Waals surface area contributed by atoms with Gasteiger partial charge in [0.25, 0.3) is 11.1 Å². The lowest BCUT2D eigenvalue weighted by Crippen LogP contribution is -2.35. The number of nitrogens with one attached hydrogen (secondary N) is 1. The van der Waals surface area contributed by atoms with Crippen molar-refractivity contribution in [2.24, 2.45) is 0 Å². The average Bonchev–Trinajstić information content (AvgIpc) is 2.50. The van der Waals surface area contributed by atoms with Crippen LogP contribution in [-0.4, -0.2) is 22.7 Å². The molecule has 0 saturated carbocycles. The van der Waals surface area contributed by atoms with Crippen molar-refractivity contribution in [3.63, 3.8) is 0 Å². The number of ether oxygens (including phenoxy) is 1. The number of methoxy groups -OCH3 is 1. The van der Waals surface area contributed by atoms with Gasteiger partial charge in [-0.15, -0.1) is 0 Å². The Kier molecular flexibility index (Phi) is 4.07. The summed E-state index contributed by atoms with van der Waals surface area (Å²) in [5.41, 5.74) is 0.314. The van der Waals surface area contributed by atoms with Crippen LogP contribution in [0.25, 0.3) is 0 Å². The van der Waals surface area contributed by atoms with Crippen LogP contribution >= 0.6 is 0 Å². The number of benzene rings is 1. The summed E-state index contributed by atoms with van der Waals surface area (Å²) in [7, 11) is 1.47. The molecule has 2 rings (SSSR count). The molecule has 0 spiro atoms. The van der Waals surface area contributed by atoms with Gasteiger partial charge < -0.3 is 4.74 Å². The zero-order valence-corrected chi connectivity index (χ0v) is 12.1. The first kappa shape index (κ1) is 14.8. The standard InChI is InChI=1S/C15H16N2O4/c1-9-10(2)15(20)17(16-14(9)19)8-12(18)11-6-4-5-7-13(11)21-3/h4-7H,8H2,1-3H3,(H,16,19). The first-order chi connectivity index (χ1) is 9.95. The number of nitrogens with zero attached hydrogens (tertiary/aromatic N) is 1. The predicted octanol–water partition coefficient (Wildman–Crippen LogP) is 1.04. The van der Waals surface area contributed by atoms with Gasteiger partial charge in [0.15, 0.2) is 5.78 Å². The Morgan fingerprint density at radius 3 is 2.52 bits per heavy atom. The highest BCUT2D eigenvalue weighted by atomic mass is 16.5. The van der Waals surface area contributed by atoms with Crippen molar-refractivity contribution in [2.75, 3.05) is 7.11 Å². The van der Waals surface area contributed by atoms with Crippen LogP contribution in [0.5, 0.6) is 5.75 Å². The van der Waals surface area contributed by atoms with Crippen molar-refractivity contribution in [1.82, 2.24) is 9.78 Å². The van der Waals surface area contributed by atoms with Crippen LogP contribution in [-0.2, 0) is 6.54 Å². The van der Waals surface area contributed by atoms with E-state index in [1.807, 2.05) is 0 Å². The fourth-order valence-electron chi connectivity index (χ4n) is 2.01. The molecular formula is C15H16N2O4. The van der Waals surface area contributed by atoms with Crippen molar-refractivity contribution in [3.8, 4) is 5.75 Å². The number of rotatable bonds is 4. The fourth-order valence-corrected chi connectivity index (χ4v) is 2.01. The number of Topliss-reactive ketones (excluding diaryl/α,β-unsaturated/α-hetero) is 1. The van der Waals surface area contributed by atoms with Crippen LogP contribution in [0.3, 0.4) is 0 Å². The van der Waals surface area contributed by atoms with Gasteiger partial charge >= 0.3 is 0 Å². The number of hydrogen-bond donors (Lipinski definition) is 1. The molecule has 1 N–H and O–H groups in total. The highest BCUT2D eigenvalue weighted by molar-refractivity contribution is 5.98. The monoisotopic (exact) mass is 288 g/mol. The highest BCUT2D eigenvalue weighted by Crippen LogP contribution is 2.17. The number of aromatic nitrogens is 2. The molecule has 0 amide bonds. The van der Waals surface area contributed by atoms with Crippen molar-refractivity contribution in [3.05, 3.63) is 61.7 Å². The van der Waals surface area contributed by atoms with E-state index in [9.17, 15) is 14.4 Å². The second kappa shape index (κ2) is 5.78. The molecule has 110 valence electrons. The summed E-state index contributed by atoms with van der Waals surface area (Å²) in [5, 5.41) is 2.41. The third-order valence-corrected chi connectivity index (χ3v) is 3.41. The molecule has 0 aliphatic rings. The Labute approximate surface area is 121 Å². The third-order valence-electron chi connectivity index (χ3n) is 3.41. The lowest BCUT2D eigenvalue weighted by molar-refractivity contribution is 0.0962. The van der Waals surface area contributed by atoms with E-state index in [-0.39, 0.29) is 23.4 Å². The minimum absolute atomic E-state index is 0.241. The molecule has 1 aromatic carbocycles. The molecule has 0 bridgehead atoms. The summed E-state index contributed by atoms with van der Waals surface area (Å²) in [6, 6.07) is 6.74. The Balaban J connectivity index is 2.41. The van der Waals surface area contributed by atoms with Gasteiger partial charge in [-0.3, -0.25) is 19.5 Å². The number of carbonyl (C=O) groups excluding carboxylic acids is 1. The van der Waals surface area contributed by atoms with E-state index in [1.54, 1.807) is 38.1 Å². The summed E-state index contributed by atoms with van der Waals surface area (Å²) >= 11 is 0. The van der Waals surface area contributed by atoms with E-state index in [2.05, 4.69) is 5.10 Å². The Hall–Kier alpha value is -2.63. The maximum absolute atomic E-state index is 12.3. The van der Waals surface area contributed by atoms with Gasteiger partial charge in [-0.1, -0.05) is 12.1 Å². The first-order valence-electron chi connectivity index (χ1n) is 6.42. The smallest absolute Gasteiger partial charge is 0.268 e. The number of H-pyrrole nitrogens is 1. The molecule has 21 heavy (non-hydrogen) atoms. The topological polar surface area (TPSA) is 81.2 Å². The third kappa shape index (κ3) is 2.79. The van der Waals surface area contributed by atoms with Crippen LogP contribution in [0.15, 0.2) is 33.9 Å². The van der Waals surface area contributed by atoms with Crippen molar-refractivity contribution < 1.29 is 9.53 Å². The maximum atomic E-state index is 12.3. The molecule has 0 atom stereocenters. The first-order valence-corrected chi connectivity index (χ1v) is 6.42. The number of para-hydroxylation sites is 1. The molecular weight excluding hydrogens is 272 g/mol. The zero-order valence-electron chi connectivity index (χ0n) is 12.1. The van der Waals surface area contributed by atoms with Crippen molar-refractivity contribution >= 4 is 5.78 Å². The van der Waals surface area contributed by atoms with Crippen molar-refractivity contribution in [1.29, 1.82) is 0 Å². The SMILES string of the molecule is COc1ccccc1C(=O)Cn1[nH]c(=O)c(C)c(C)c1=O. The summed E-state index contributed by atoms with van der Waals surface area (Å²) in [4.78, 5) is 36.1. The fraction of sp³-hybridized carbons (Fsp3) is 0.267. The van der Waals surface area contributed by atoms with Gasteiger partial charge in [0, 0.05) is 11.1 Å². The van der Waals surface area contributed by atoms with E-state index in [1.165, 1.54) is 7.11 Å². The molecule has 0 fully saturated rings. The lowest BCUT2D eigenvalue weighted by atomic mass is 10.1. The van der Waals surface area contributed by atoms with Crippen LogP contribution < -0.4 is 15.9 Å². The molecule has 1 aromatic heterocycles. The molecule has 0 radical (unpaired) electrons. The summed E-state index contributed by atoms with van der Waals surface area (Å²) in [6.07, 6.45) is 0. The van der Waals surface area contributed by atoms with E-state index >= 15 is 0 Å². The van der Waals surface area contributed by atoms with Gasteiger partial charge in [0.2, 0.25) is 0 Å². The molecule has 6 nitrogen and oxygen atoms in total. The zero-order chi connectivity index (χ0) is 15.6. The van der Waals surface area contributed by atoms with E-state index in [0.717, 1.165) is 4.68 Å². The van der Waals surface area contributed by atoms with Crippen molar-refractivity contribution in [2.45, 2.75) is 20.4 Å². The normalized spacial score (nSPS) is 10.4. The maximum Gasteiger partial charge on any atom is 0.268 e. The quantitative estimate of drug-likeness (QED) is 0.852. The number of carbonyl (C=O) groups is 1. The van der Waals surface area contributed by atoms with Gasteiger partial charge in [-0.05, 0) is 26.0 Å². The number of aromatic amines is 1. The summed E-state index contributed by atoms with van der Waals surface area (Å²) < 4.78 is 6.15. The highest BCUT2D eigenvalue weighted by Gasteiger charge is 2.15. The summed E-state index contributed by atoms with van der Waals surface area (Å²) in [6.45, 7) is 2.90. The van der Waals surface area contributed by atoms with Gasteiger partial charge in [0.1, 0.15) is 12.3 Å².